The Kier molecular flexibility index (Phi) is 15.2. The highest BCUT2D eigenvalue weighted by Gasteiger charge is 2.08. The quantitative estimate of drug-likeness (QED) is 0.197. The Labute approximate surface area is 182 Å². The summed E-state index contributed by atoms with van der Waals surface area (Å²) in [6, 6.07) is 10.4. The number of benzene rings is 1. The first-order valence-electron chi connectivity index (χ1n) is 12.4. The van der Waals surface area contributed by atoms with Gasteiger partial charge in [0.2, 0.25) is 0 Å². The zero-order chi connectivity index (χ0) is 21.3. The lowest BCUT2D eigenvalue weighted by Crippen LogP contribution is -2.16. The van der Waals surface area contributed by atoms with Crippen LogP contribution in [0.25, 0.3) is 0 Å². The molecule has 0 aliphatic heterocycles. The van der Waals surface area contributed by atoms with E-state index >= 15 is 0 Å². The molecule has 3 atom stereocenters. The first kappa shape index (κ1) is 26.2. The maximum Gasteiger partial charge on any atom is 0.0684 e. The lowest BCUT2D eigenvalue weighted by molar-refractivity contribution is 0.0285. The minimum absolute atomic E-state index is 0.752. The Balaban J connectivity index is 1.92. The third-order valence-electron chi connectivity index (χ3n) is 6.20. The predicted molar refractivity (Wildman–Crippen MR) is 128 cm³/mol. The van der Waals surface area contributed by atoms with Crippen LogP contribution in [0.2, 0.25) is 0 Å². The number of hydrogen-bond acceptors (Lipinski definition) is 2. The van der Waals surface area contributed by atoms with Crippen molar-refractivity contribution in [2.24, 2.45) is 23.7 Å². The summed E-state index contributed by atoms with van der Waals surface area (Å²) in [4.78, 5) is 5.60. The Morgan fingerprint density at radius 2 is 1.14 bits per heavy atom. The van der Waals surface area contributed by atoms with Crippen LogP contribution in [0.3, 0.4) is 0 Å². The summed E-state index contributed by atoms with van der Waals surface area (Å²) in [6.45, 7) is 13.5. The van der Waals surface area contributed by atoms with Crippen molar-refractivity contribution in [3.63, 3.8) is 0 Å². The molecule has 0 saturated carbocycles. The fourth-order valence-corrected chi connectivity index (χ4v) is 4.00. The zero-order valence-electron chi connectivity index (χ0n) is 20.1. The monoisotopic (exact) mass is 403 g/mol. The van der Waals surface area contributed by atoms with Crippen molar-refractivity contribution in [2.45, 2.75) is 105 Å². The Morgan fingerprint density at radius 3 is 1.66 bits per heavy atom. The van der Waals surface area contributed by atoms with Crippen molar-refractivity contribution in [1.82, 2.24) is 5.48 Å². The van der Waals surface area contributed by atoms with E-state index in [4.69, 9.17) is 4.84 Å². The molecule has 1 aromatic carbocycles. The van der Waals surface area contributed by atoms with Gasteiger partial charge in [-0.05, 0) is 35.7 Å². The second-order valence-electron chi connectivity index (χ2n) is 9.95. The van der Waals surface area contributed by atoms with E-state index in [-0.39, 0.29) is 0 Å². The van der Waals surface area contributed by atoms with Gasteiger partial charge >= 0.3 is 0 Å². The highest BCUT2D eigenvalue weighted by atomic mass is 16.6. The van der Waals surface area contributed by atoms with Crippen LogP contribution >= 0.6 is 0 Å². The smallest absolute Gasteiger partial charge is 0.0684 e. The van der Waals surface area contributed by atoms with Crippen LogP contribution in [0, 0.1) is 23.7 Å². The second-order valence-corrected chi connectivity index (χ2v) is 9.95. The number of hydrogen-bond donors (Lipinski definition) is 1. The van der Waals surface area contributed by atoms with Crippen LogP contribution in [-0.4, -0.2) is 6.61 Å². The molecular formula is C27H49NO. The topological polar surface area (TPSA) is 21.3 Å². The summed E-state index contributed by atoms with van der Waals surface area (Å²) in [7, 11) is 0. The number of rotatable bonds is 18. The molecule has 0 amide bonds. The van der Waals surface area contributed by atoms with Gasteiger partial charge in [-0.3, -0.25) is 0 Å². The Hall–Kier alpha value is -0.860. The van der Waals surface area contributed by atoms with Gasteiger partial charge in [0.1, 0.15) is 0 Å². The van der Waals surface area contributed by atoms with E-state index in [9.17, 15) is 0 Å². The standard InChI is InChI=1S/C27H49NO/c1-23(2)12-9-13-24(3)14-10-15-25(4)16-11-17-26(5)20-21-29-28-22-27-18-7-6-8-19-27/h6-8,18-19,23-26,28H,9-17,20-22H2,1-5H3/t24-,25-,26?/m1/s1. The van der Waals surface area contributed by atoms with E-state index in [0.717, 1.165) is 43.2 Å². The first-order valence-corrected chi connectivity index (χ1v) is 12.4. The van der Waals surface area contributed by atoms with Crippen LogP contribution in [0.1, 0.15) is 104 Å². The van der Waals surface area contributed by atoms with Crippen LogP contribution in [0.4, 0.5) is 0 Å². The van der Waals surface area contributed by atoms with Crippen molar-refractivity contribution in [3.05, 3.63) is 35.9 Å². The molecule has 0 saturated heterocycles. The molecule has 1 aromatic rings. The minimum atomic E-state index is 0.752. The first-order chi connectivity index (χ1) is 14.0. The normalized spacial score (nSPS) is 14.8. The molecular weight excluding hydrogens is 354 g/mol. The SMILES string of the molecule is CC(C)CCC[C@@H](C)CCC[C@@H](C)CCCC(C)CCONCc1ccccc1. The maximum absolute atomic E-state index is 5.60. The molecule has 0 radical (unpaired) electrons. The summed E-state index contributed by atoms with van der Waals surface area (Å²) in [5.74, 6) is 3.41. The van der Waals surface area contributed by atoms with Gasteiger partial charge in [-0.25, -0.2) is 0 Å². The highest BCUT2D eigenvalue weighted by Crippen LogP contribution is 2.22. The van der Waals surface area contributed by atoms with E-state index < -0.39 is 0 Å². The van der Waals surface area contributed by atoms with E-state index in [1.165, 1.54) is 63.4 Å². The van der Waals surface area contributed by atoms with Gasteiger partial charge < -0.3 is 4.84 Å². The predicted octanol–water partition coefficient (Wildman–Crippen LogP) is 8.17. The molecule has 0 aliphatic rings. The molecule has 0 aromatic heterocycles. The van der Waals surface area contributed by atoms with Gasteiger partial charge in [0.05, 0.1) is 6.61 Å². The van der Waals surface area contributed by atoms with Crippen LogP contribution in [0.5, 0.6) is 0 Å². The largest absolute Gasteiger partial charge is 0.301 e. The Bertz CT molecular complexity index is 473. The summed E-state index contributed by atoms with van der Waals surface area (Å²) < 4.78 is 0. The fraction of sp³-hybridized carbons (Fsp3) is 0.778. The van der Waals surface area contributed by atoms with Crippen LogP contribution in [0.15, 0.2) is 30.3 Å². The van der Waals surface area contributed by atoms with E-state index in [1.807, 2.05) is 6.07 Å². The molecule has 0 aliphatic carbocycles. The van der Waals surface area contributed by atoms with Crippen LogP contribution < -0.4 is 5.48 Å². The lowest BCUT2D eigenvalue weighted by Gasteiger charge is -2.16. The van der Waals surface area contributed by atoms with Gasteiger partial charge in [-0.1, -0.05) is 123 Å². The van der Waals surface area contributed by atoms with Gasteiger partial charge in [0.25, 0.3) is 0 Å². The molecule has 0 spiro atoms. The van der Waals surface area contributed by atoms with E-state index in [2.05, 4.69) is 64.4 Å². The molecule has 168 valence electrons. The van der Waals surface area contributed by atoms with Crippen molar-refractivity contribution in [1.29, 1.82) is 0 Å². The average Bonchev–Trinajstić information content (AvgIpc) is 2.68. The van der Waals surface area contributed by atoms with E-state index in [1.54, 1.807) is 0 Å². The third kappa shape index (κ3) is 15.6. The summed E-state index contributed by atoms with van der Waals surface area (Å²) in [6.07, 6.45) is 13.7. The lowest BCUT2D eigenvalue weighted by atomic mass is 9.91. The number of hydroxylamine groups is 1. The van der Waals surface area contributed by atoms with Gasteiger partial charge in [0, 0.05) is 6.54 Å². The van der Waals surface area contributed by atoms with Crippen molar-refractivity contribution < 1.29 is 4.84 Å². The highest BCUT2D eigenvalue weighted by molar-refractivity contribution is 5.13. The maximum atomic E-state index is 5.60. The van der Waals surface area contributed by atoms with Gasteiger partial charge in [-0.15, -0.1) is 0 Å². The van der Waals surface area contributed by atoms with Gasteiger partial charge in [0.15, 0.2) is 0 Å². The van der Waals surface area contributed by atoms with Crippen molar-refractivity contribution >= 4 is 0 Å². The minimum Gasteiger partial charge on any atom is -0.301 e. The second kappa shape index (κ2) is 16.9. The van der Waals surface area contributed by atoms with Crippen molar-refractivity contribution in [2.75, 3.05) is 6.61 Å². The van der Waals surface area contributed by atoms with Gasteiger partial charge in [-0.2, -0.15) is 5.48 Å². The van der Waals surface area contributed by atoms with Crippen molar-refractivity contribution in [3.8, 4) is 0 Å². The zero-order valence-corrected chi connectivity index (χ0v) is 20.1. The molecule has 1 N–H and O–H groups in total. The molecule has 1 unspecified atom stereocenters. The summed E-state index contributed by atoms with van der Waals surface area (Å²) in [5.41, 5.74) is 4.35. The van der Waals surface area contributed by atoms with Crippen LogP contribution in [-0.2, 0) is 11.4 Å². The third-order valence-corrected chi connectivity index (χ3v) is 6.20. The summed E-state index contributed by atoms with van der Waals surface area (Å²) in [5, 5.41) is 0. The van der Waals surface area contributed by atoms with E-state index in [0.29, 0.717) is 0 Å². The molecule has 2 nitrogen and oxygen atoms in total. The molecule has 0 fully saturated rings. The fourth-order valence-electron chi connectivity index (χ4n) is 4.00. The Morgan fingerprint density at radius 1 is 0.655 bits per heavy atom. The average molecular weight is 404 g/mol. The number of nitrogens with one attached hydrogen (secondary N) is 1. The molecule has 1 rings (SSSR count). The summed E-state index contributed by atoms with van der Waals surface area (Å²) >= 11 is 0. The molecule has 0 heterocycles. The molecule has 29 heavy (non-hydrogen) atoms. The molecule has 0 bridgehead atoms. The molecule has 2 heteroatoms.